The molecule has 0 aromatic carbocycles. The van der Waals surface area contributed by atoms with Gasteiger partial charge >= 0.3 is 0 Å². The van der Waals surface area contributed by atoms with Crippen LogP contribution in [-0.2, 0) is 13.0 Å². The lowest BCUT2D eigenvalue weighted by Gasteiger charge is -2.29. The van der Waals surface area contributed by atoms with Crippen LogP contribution in [0.2, 0.25) is 0 Å². The Morgan fingerprint density at radius 1 is 1.24 bits per heavy atom. The van der Waals surface area contributed by atoms with Crippen LogP contribution in [0.1, 0.15) is 51.8 Å². The maximum absolute atomic E-state index is 12.6. The third kappa shape index (κ3) is 2.74. The van der Waals surface area contributed by atoms with E-state index in [1.165, 1.54) is 25.7 Å². The van der Waals surface area contributed by atoms with E-state index in [1.54, 1.807) is 0 Å². The highest BCUT2D eigenvalue weighted by Gasteiger charge is 2.22. The van der Waals surface area contributed by atoms with Gasteiger partial charge in [-0.1, -0.05) is 33.1 Å². The van der Waals surface area contributed by atoms with Crippen molar-refractivity contribution in [3.8, 4) is 0 Å². The lowest BCUT2D eigenvalue weighted by molar-refractivity contribution is 0.226. The molecule has 5 nitrogen and oxygen atoms in total. The fourth-order valence-corrected chi connectivity index (χ4v) is 3.42. The minimum Gasteiger partial charge on any atom is -0.311 e. The average Bonchev–Trinajstić information content (AvgIpc) is 2.89. The first-order valence-electron chi connectivity index (χ1n) is 8.13. The molecule has 1 fully saturated rings. The van der Waals surface area contributed by atoms with E-state index >= 15 is 0 Å². The Balaban J connectivity index is 1.89. The summed E-state index contributed by atoms with van der Waals surface area (Å²) in [5, 5.41) is 8.24. The second-order valence-electron chi connectivity index (χ2n) is 6.34. The normalized spacial score (nSPS) is 22.8. The minimum atomic E-state index is -0.00914. The molecule has 0 spiro atoms. The van der Waals surface area contributed by atoms with Crippen LogP contribution in [0.15, 0.2) is 17.2 Å². The van der Waals surface area contributed by atoms with Crippen molar-refractivity contribution in [2.45, 2.75) is 58.9 Å². The zero-order valence-electron chi connectivity index (χ0n) is 13.0. The van der Waals surface area contributed by atoms with E-state index in [9.17, 15) is 4.79 Å². The Kier molecular flexibility index (Phi) is 4.08. The van der Waals surface area contributed by atoms with Gasteiger partial charge < -0.3 is 4.57 Å². The third-order valence-electron chi connectivity index (χ3n) is 4.81. The molecule has 114 valence electrons. The molecule has 2 atom stereocenters. The second-order valence-corrected chi connectivity index (χ2v) is 6.34. The lowest BCUT2D eigenvalue weighted by Crippen LogP contribution is -2.29. The van der Waals surface area contributed by atoms with Gasteiger partial charge in [-0.2, -0.15) is 0 Å². The number of fused-ring (bicyclic) bond motifs is 1. The number of rotatable bonds is 4. The molecule has 2 aromatic rings. The maximum atomic E-state index is 12.6. The highest BCUT2D eigenvalue weighted by atomic mass is 16.1. The van der Waals surface area contributed by atoms with E-state index in [4.69, 9.17) is 0 Å². The van der Waals surface area contributed by atoms with Gasteiger partial charge in [0, 0.05) is 25.4 Å². The highest BCUT2D eigenvalue weighted by molar-refractivity contribution is 5.34. The molecular formula is C16H24N4O. The quantitative estimate of drug-likeness (QED) is 0.869. The molecule has 2 aromatic heterocycles. The summed E-state index contributed by atoms with van der Waals surface area (Å²) in [5.74, 6) is 2.19. The molecule has 0 amide bonds. The molecule has 0 N–H and O–H groups in total. The fourth-order valence-electron chi connectivity index (χ4n) is 3.42. The van der Waals surface area contributed by atoms with Crippen molar-refractivity contribution < 1.29 is 0 Å². The van der Waals surface area contributed by atoms with E-state index in [0.717, 1.165) is 25.2 Å². The van der Waals surface area contributed by atoms with Crippen LogP contribution >= 0.6 is 0 Å². The summed E-state index contributed by atoms with van der Waals surface area (Å²) in [7, 11) is 0. The van der Waals surface area contributed by atoms with Crippen molar-refractivity contribution in [2.24, 2.45) is 11.8 Å². The van der Waals surface area contributed by atoms with Gasteiger partial charge in [-0.05, 0) is 24.7 Å². The summed E-state index contributed by atoms with van der Waals surface area (Å²) in [6.45, 7) is 5.23. The van der Waals surface area contributed by atoms with E-state index in [2.05, 4.69) is 24.0 Å². The molecule has 0 radical (unpaired) electrons. The standard InChI is InChI=1S/C16H24N4O/c1-3-6-14-17-18-15-16(21)19(9-10-20(14)15)11-13-8-5-4-7-12(13)2/h9-10,12-13H,3-8,11H2,1-2H3. The van der Waals surface area contributed by atoms with Gasteiger partial charge in [0.25, 0.3) is 5.56 Å². The largest absolute Gasteiger partial charge is 0.311 e. The molecule has 21 heavy (non-hydrogen) atoms. The number of aromatic nitrogens is 4. The van der Waals surface area contributed by atoms with E-state index in [-0.39, 0.29) is 5.56 Å². The maximum Gasteiger partial charge on any atom is 0.296 e. The van der Waals surface area contributed by atoms with Gasteiger partial charge in [0.1, 0.15) is 5.82 Å². The highest BCUT2D eigenvalue weighted by Crippen LogP contribution is 2.30. The van der Waals surface area contributed by atoms with Gasteiger partial charge in [0.05, 0.1) is 0 Å². The zero-order chi connectivity index (χ0) is 14.8. The molecule has 0 aliphatic heterocycles. The van der Waals surface area contributed by atoms with Crippen molar-refractivity contribution in [3.05, 3.63) is 28.6 Å². The number of hydrogen-bond donors (Lipinski definition) is 0. The summed E-state index contributed by atoms with van der Waals surface area (Å²) in [5.41, 5.74) is 0.453. The first-order chi connectivity index (χ1) is 10.2. The zero-order valence-corrected chi connectivity index (χ0v) is 13.0. The number of aryl methyl sites for hydroxylation is 1. The van der Waals surface area contributed by atoms with Crippen molar-refractivity contribution in [1.29, 1.82) is 0 Å². The van der Waals surface area contributed by atoms with Crippen molar-refractivity contribution in [2.75, 3.05) is 0 Å². The molecule has 0 saturated heterocycles. The lowest BCUT2D eigenvalue weighted by atomic mass is 9.80. The molecule has 1 aliphatic carbocycles. The minimum absolute atomic E-state index is 0.00914. The Bertz CT molecular complexity index is 672. The van der Waals surface area contributed by atoms with Gasteiger partial charge in [0.15, 0.2) is 0 Å². The first-order valence-corrected chi connectivity index (χ1v) is 8.13. The summed E-state index contributed by atoms with van der Waals surface area (Å²) in [4.78, 5) is 12.6. The molecular weight excluding hydrogens is 264 g/mol. The first kappa shape index (κ1) is 14.3. The predicted molar refractivity (Wildman–Crippen MR) is 82.4 cm³/mol. The SMILES string of the molecule is CCCc1nnc2c(=O)n(CC3CCCCC3C)ccn12. The van der Waals surface area contributed by atoms with Crippen LogP contribution in [0, 0.1) is 11.8 Å². The Hall–Kier alpha value is -1.65. The summed E-state index contributed by atoms with van der Waals surface area (Å²) < 4.78 is 3.67. The fraction of sp³-hybridized carbons (Fsp3) is 0.688. The van der Waals surface area contributed by atoms with Crippen molar-refractivity contribution in [1.82, 2.24) is 19.2 Å². The van der Waals surface area contributed by atoms with Crippen molar-refractivity contribution >= 4 is 5.65 Å². The Morgan fingerprint density at radius 3 is 2.81 bits per heavy atom. The molecule has 3 rings (SSSR count). The second kappa shape index (κ2) is 6.00. The van der Waals surface area contributed by atoms with Crippen LogP contribution in [-0.4, -0.2) is 19.2 Å². The smallest absolute Gasteiger partial charge is 0.296 e. The summed E-state index contributed by atoms with van der Waals surface area (Å²) in [6, 6.07) is 0. The van der Waals surface area contributed by atoms with Crippen LogP contribution in [0.5, 0.6) is 0 Å². The van der Waals surface area contributed by atoms with Crippen LogP contribution in [0.3, 0.4) is 0 Å². The van der Waals surface area contributed by atoms with Crippen LogP contribution in [0.4, 0.5) is 0 Å². The van der Waals surface area contributed by atoms with Gasteiger partial charge in [-0.15, -0.1) is 10.2 Å². The van der Waals surface area contributed by atoms with Gasteiger partial charge in [-0.25, -0.2) is 0 Å². The molecule has 1 saturated carbocycles. The molecule has 2 unspecified atom stereocenters. The number of nitrogens with zero attached hydrogens (tertiary/aromatic N) is 4. The van der Waals surface area contributed by atoms with Crippen molar-refractivity contribution in [3.63, 3.8) is 0 Å². The monoisotopic (exact) mass is 288 g/mol. The third-order valence-corrected chi connectivity index (χ3v) is 4.81. The summed E-state index contributed by atoms with van der Waals surface area (Å²) in [6.07, 6.45) is 10.8. The summed E-state index contributed by atoms with van der Waals surface area (Å²) >= 11 is 0. The van der Waals surface area contributed by atoms with Gasteiger partial charge in [-0.3, -0.25) is 9.20 Å². The van der Waals surface area contributed by atoms with E-state index in [1.807, 2.05) is 21.4 Å². The van der Waals surface area contributed by atoms with Gasteiger partial charge in [0.2, 0.25) is 5.65 Å². The Morgan fingerprint density at radius 2 is 2.05 bits per heavy atom. The Labute approximate surface area is 125 Å². The average molecular weight is 288 g/mol. The van der Waals surface area contributed by atoms with Crippen LogP contribution < -0.4 is 5.56 Å². The van der Waals surface area contributed by atoms with Crippen LogP contribution in [0.25, 0.3) is 5.65 Å². The predicted octanol–water partition coefficient (Wildman–Crippen LogP) is 2.67. The topological polar surface area (TPSA) is 52.2 Å². The molecule has 2 heterocycles. The molecule has 1 aliphatic rings. The van der Waals surface area contributed by atoms with E-state index in [0.29, 0.717) is 17.5 Å². The molecule has 5 heteroatoms. The molecule has 0 bridgehead atoms. The number of hydrogen-bond acceptors (Lipinski definition) is 3. The van der Waals surface area contributed by atoms with E-state index < -0.39 is 0 Å².